The van der Waals surface area contributed by atoms with Crippen molar-refractivity contribution in [3.63, 3.8) is 0 Å². The molecule has 1 heterocycles. The molecule has 0 bridgehead atoms. The molecule has 1 aromatic carbocycles. The van der Waals surface area contributed by atoms with E-state index in [-0.39, 0.29) is 17.5 Å². The predicted molar refractivity (Wildman–Crippen MR) is 101 cm³/mol. The van der Waals surface area contributed by atoms with Crippen LogP contribution in [0.2, 0.25) is 0 Å². The number of hydrogen-bond donors (Lipinski definition) is 4. The number of nitrogens with zero attached hydrogens (tertiary/aromatic N) is 2. The second-order valence-electron chi connectivity index (χ2n) is 5.07. The lowest BCUT2D eigenvalue weighted by atomic mass is 10.1. The molecule has 132 valence electrons. The molecule has 0 aliphatic heterocycles. The Morgan fingerprint density at radius 2 is 2.08 bits per heavy atom. The molecule has 0 atom stereocenters. The van der Waals surface area contributed by atoms with Crippen LogP contribution in [0.4, 0.5) is 5.69 Å². The van der Waals surface area contributed by atoms with Gasteiger partial charge in [-0.25, -0.2) is 0 Å². The standard InChI is InChI=1S/C17H20N4O3S/c1-3-24-14-6-4-13(5-7-14)20-17(25)21-19-9-15-12(10-22)8-18-11(2)16(15)23/h4-9,22-23H,3,10H2,1-2H3,(H2,20,21,25)/b19-9+. The summed E-state index contributed by atoms with van der Waals surface area (Å²) < 4.78 is 5.37. The minimum atomic E-state index is -0.253. The lowest BCUT2D eigenvalue weighted by Crippen LogP contribution is -2.23. The molecule has 4 N–H and O–H groups in total. The van der Waals surface area contributed by atoms with Gasteiger partial charge in [-0.05, 0) is 50.3 Å². The van der Waals surface area contributed by atoms with Crippen molar-refractivity contribution < 1.29 is 14.9 Å². The smallest absolute Gasteiger partial charge is 0.191 e. The van der Waals surface area contributed by atoms with Gasteiger partial charge in [0, 0.05) is 23.0 Å². The van der Waals surface area contributed by atoms with Crippen molar-refractivity contribution in [3.8, 4) is 11.5 Å². The molecule has 7 nitrogen and oxygen atoms in total. The molecular formula is C17H20N4O3S. The van der Waals surface area contributed by atoms with Crippen LogP contribution in [-0.4, -0.2) is 33.1 Å². The van der Waals surface area contributed by atoms with Crippen molar-refractivity contribution in [2.45, 2.75) is 20.5 Å². The number of aliphatic hydroxyl groups excluding tert-OH is 1. The van der Waals surface area contributed by atoms with Gasteiger partial charge < -0.3 is 20.3 Å². The SMILES string of the molecule is CCOc1ccc(NC(=S)N/N=C/c2c(CO)cnc(C)c2O)cc1. The summed E-state index contributed by atoms with van der Waals surface area (Å²) in [5.74, 6) is 0.757. The van der Waals surface area contributed by atoms with Gasteiger partial charge in [0.05, 0.1) is 25.1 Å². The summed E-state index contributed by atoms with van der Waals surface area (Å²) in [6, 6.07) is 7.35. The molecule has 8 heteroatoms. The fourth-order valence-corrected chi connectivity index (χ4v) is 2.21. The number of thiocarbonyl (C=S) groups is 1. The second kappa shape index (κ2) is 8.95. The fraction of sp³-hybridized carbons (Fsp3) is 0.235. The lowest BCUT2D eigenvalue weighted by molar-refractivity contribution is 0.280. The molecule has 0 amide bonds. The van der Waals surface area contributed by atoms with Crippen LogP contribution in [0.15, 0.2) is 35.6 Å². The zero-order valence-corrected chi connectivity index (χ0v) is 14.8. The monoisotopic (exact) mass is 360 g/mol. The molecule has 0 unspecified atom stereocenters. The first-order valence-electron chi connectivity index (χ1n) is 7.66. The zero-order valence-electron chi connectivity index (χ0n) is 14.0. The quantitative estimate of drug-likeness (QED) is 0.356. The molecule has 0 radical (unpaired) electrons. The van der Waals surface area contributed by atoms with Crippen LogP contribution in [-0.2, 0) is 6.61 Å². The molecule has 2 aromatic rings. The molecule has 0 spiro atoms. The van der Waals surface area contributed by atoms with E-state index in [9.17, 15) is 10.2 Å². The number of ether oxygens (including phenoxy) is 1. The minimum Gasteiger partial charge on any atom is -0.505 e. The predicted octanol–water partition coefficient (Wildman–Crippen LogP) is 2.31. The highest BCUT2D eigenvalue weighted by molar-refractivity contribution is 7.80. The number of anilines is 1. The first-order valence-corrected chi connectivity index (χ1v) is 8.07. The summed E-state index contributed by atoms with van der Waals surface area (Å²) in [5, 5.41) is 26.6. The van der Waals surface area contributed by atoms with Crippen molar-refractivity contribution in [1.29, 1.82) is 0 Å². The zero-order chi connectivity index (χ0) is 18.2. The highest BCUT2D eigenvalue weighted by Gasteiger charge is 2.09. The fourth-order valence-electron chi connectivity index (χ4n) is 2.04. The number of benzene rings is 1. The minimum absolute atomic E-state index is 0.0255. The first kappa shape index (κ1) is 18.6. The van der Waals surface area contributed by atoms with Crippen molar-refractivity contribution in [2.24, 2.45) is 5.10 Å². The van der Waals surface area contributed by atoms with Gasteiger partial charge in [-0.2, -0.15) is 5.10 Å². The number of hydrogen-bond acceptors (Lipinski definition) is 6. The third kappa shape index (κ3) is 5.13. The number of rotatable bonds is 6. The van der Waals surface area contributed by atoms with Gasteiger partial charge in [0.15, 0.2) is 5.11 Å². The lowest BCUT2D eigenvalue weighted by Gasteiger charge is -2.09. The summed E-state index contributed by atoms with van der Waals surface area (Å²) in [4.78, 5) is 3.99. The van der Waals surface area contributed by atoms with E-state index in [1.165, 1.54) is 12.4 Å². The Bertz CT molecular complexity index is 763. The van der Waals surface area contributed by atoms with Crippen LogP contribution < -0.4 is 15.5 Å². The number of aromatic nitrogens is 1. The summed E-state index contributed by atoms with van der Waals surface area (Å²) in [7, 11) is 0. The average Bonchev–Trinajstić information content (AvgIpc) is 2.61. The van der Waals surface area contributed by atoms with Gasteiger partial charge in [0.25, 0.3) is 0 Å². The molecule has 0 aliphatic rings. The van der Waals surface area contributed by atoms with Gasteiger partial charge in [-0.3, -0.25) is 10.4 Å². The first-order chi connectivity index (χ1) is 12.0. The van der Waals surface area contributed by atoms with Gasteiger partial charge in [-0.1, -0.05) is 0 Å². The Balaban J connectivity index is 1.98. The number of pyridine rings is 1. The van der Waals surface area contributed by atoms with E-state index >= 15 is 0 Å². The van der Waals surface area contributed by atoms with Crippen molar-refractivity contribution in [2.75, 3.05) is 11.9 Å². The maximum atomic E-state index is 10.0. The van der Waals surface area contributed by atoms with E-state index in [2.05, 4.69) is 20.8 Å². The number of aromatic hydroxyl groups is 1. The van der Waals surface area contributed by atoms with Crippen LogP contribution >= 0.6 is 12.2 Å². The van der Waals surface area contributed by atoms with Gasteiger partial charge in [0.1, 0.15) is 11.5 Å². The normalized spacial score (nSPS) is 10.7. The summed E-state index contributed by atoms with van der Waals surface area (Å²) in [6.45, 7) is 3.95. The number of aliphatic hydroxyl groups is 1. The van der Waals surface area contributed by atoms with Gasteiger partial charge in [-0.15, -0.1) is 0 Å². The number of aryl methyl sites for hydroxylation is 1. The Labute approximate surface area is 151 Å². The Hall–Kier alpha value is -2.71. The van der Waals surface area contributed by atoms with E-state index in [0.29, 0.717) is 23.4 Å². The second-order valence-corrected chi connectivity index (χ2v) is 5.48. The third-order valence-corrected chi connectivity index (χ3v) is 3.50. The molecular weight excluding hydrogens is 340 g/mol. The number of nitrogens with one attached hydrogen (secondary N) is 2. The van der Waals surface area contributed by atoms with Crippen molar-refractivity contribution in [1.82, 2.24) is 10.4 Å². The molecule has 2 rings (SSSR count). The van der Waals surface area contributed by atoms with Crippen LogP contribution in [0.3, 0.4) is 0 Å². The van der Waals surface area contributed by atoms with Crippen LogP contribution in [0.25, 0.3) is 0 Å². The van der Waals surface area contributed by atoms with E-state index < -0.39 is 0 Å². The van der Waals surface area contributed by atoms with E-state index in [1.807, 2.05) is 31.2 Å². The Morgan fingerprint density at radius 3 is 2.72 bits per heavy atom. The van der Waals surface area contributed by atoms with Crippen molar-refractivity contribution in [3.05, 3.63) is 47.3 Å². The Morgan fingerprint density at radius 1 is 1.36 bits per heavy atom. The van der Waals surface area contributed by atoms with E-state index in [1.54, 1.807) is 6.92 Å². The largest absolute Gasteiger partial charge is 0.505 e. The molecule has 0 aliphatic carbocycles. The van der Waals surface area contributed by atoms with Crippen LogP contribution in [0.1, 0.15) is 23.7 Å². The highest BCUT2D eigenvalue weighted by Crippen LogP contribution is 2.21. The van der Waals surface area contributed by atoms with Gasteiger partial charge >= 0.3 is 0 Å². The van der Waals surface area contributed by atoms with Crippen LogP contribution in [0, 0.1) is 6.92 Å². The molecule has 25 heavy (non-hydrogen) atoms. The highest BCUT2D eigenvalue weighted by atomic mass is 32.1. The average molecular weight is 360 g/mol. The van der Waals surface area contributed by atoms with Gasteiger partial charge in [0.2, 0.25) is 0 Å². The van der Waals surface area contributed by atoms with E-state index in [4.69, 9.17) is 17.0 Å². The summed E-state index contributed by atoms with van der Waals surface area (Å²) >= 11 is 5.16. The topological polar surface area (TPSA) is 99.0 Å². The maximum absolute atomic E-state index is 10.0. The number of hydrazone groups is 1. The molecule has 0 saturated heterocycles. The van der Waals surface area contributed by atoms with Crippen molar-refractivity contribution >= 4 is 29.2 Å². The Kier molecular flexibility index (Phi) is 6.67. The summed E-state index contributed by atoms with van der Waals surface area (Å²) in [6.07, 6.45) is 2.88. The summed E-state index contributed by atoms with van der Waals surface area (Å²) in [5.41, 5.74) is 4.77. The van der Waals surface area contributed by atoms with Crippen LogP contribution in [0.5, 0.6) is 11.5 Å². The molecule has 0 fully saturated rings. The third-order valence-electron chi connectivity index (χ3n) is 3.31. The molecule has 1 aromatic heterocycles. The maximum Gasteiger partial charge on any atom is 0.191 e. The molecule has 0 saturated carbocycles. The van der Waals surface area contributed by atoms with E-state index in [0.717, 1.165) is 11.4 Å².